The third kappa shape index (κ3) is 5.21. The number of carbonyl (C=O) groups excluding carboxylic acids is 1. The molecule has 2 fully saturated rings. The van der Waals surface area contributed by atoms with Gasteiger partial charge in [0.05, 0.1) is 23.6 Å². The van der Waals surface area contributed by atoms with Crippen LogP contribution in [0, 0.1) is 17.2 Å². The van der Waals surface area contributed by atoms with E-state index in [9.17, 15) is 4.79 Å². The Labute approximate surface area is 195 Å². The van der Waals surface area contributed by atoms with Crippen LogP contribution < -0.4 is 10.2 Å². The maximum Gasteiger partial charge on any atom is 0.291 e. The van der Waals surface area contributed by atoms with Crippen molar-refractivity contribution in [2.45, 2.75) is 44.6 Å². The van der Waals surface area contributed by atoms with Crippen LogP contribution in [0.25, 0.3) is 0 Å². The smallest absolute Gasteiger partial charge is 0.291 e. The number of nitriles is 1. The molecular formula is C25H34N6O2. The summed E-state index contributed by atoms with van der Waals surface area (Å²) in [6.07, 6.45) is 6.91. The van der Waals surface area contributed by atoms with Gasteiger partial charge in [-0.2, -0.15) is 5.26 Å². The number of ether oxygens (including phenoxy) is 1. The van der Waals surface area contributed by atoms with Crippen LogP contribution in [-0.4, -0.2) is 61.1 Å². The lowest BCUT2D eigenvalue weighted by atomic mass is 9.74. The summed E-state index contributed by atoms with van der Waals surface area (Å²) >= 11 is 0. The average Bonchev–Trinajstić information content (AvgIpc) is 3.26. The maximum absolute atomic E-state index is 12.8. The minimum Gasteiger partial charge on any atom is -0.370 e. The van der Waals surface area contributed by atoms with Crippen molar-refractivity contribution in [2.75, 3.05) is 50.6 Å². The van der Waals surface area contributed by atoms with E-state index in [1.807, 2.05) is 12.1 Å². The zero-order valence-corrected chi connectivity index (χ0v) is 19.9. The van der Waals surface area contributed by atoms with Crippen molar-refractivity contribution >= 4 is 17.3 Å². The first-order valence-electron chi connectivity index (χ1n) is 11.9. The third-order valence-corrected chi connectivity index (χ3v) is 6.88. The number of benzene rings is 1. The topological polar surface area (TPSA) is 97.3 Å². The Bertz CT molecular complexity index is 1010. The van der Waals surface area contributed by atoms with Crippen LogP contribution in [0.1, 0.15) is 60.9 Å². The fraction of sp³-hybridized carbons (Fsp3) is 0.560. The summed E-state index contributed by atoms with van der Waals surface area (Å²) < 4.78 is 6.43. The molecule has 2 aliphatic rings. The zero-order valence-electron chi connectivity index (χ0n) is 19.9. The molecule has 4 rings (SSSR count). The van der Waals surface area contributed by atoms with E-state index < -0.39 is 0 Å². The molecule has 0 spiro atoms. The molecule has 0 bridgehead atoms. The van der Waals surface area contributed by atoms with Crippen LogP contribution in [0.4, 0.5) is 11.4 Å². The number of H-pyrrole nitrogens is 1. The van der Waals surface area contributed by atoms with E-state index in [1.54, 1.807) is 0 Å². The molecule has 8 heteroatoms. The number of rotatable bonds is 8. The first kappa shape index (κ1) is 23.3. The number of carbonyl (C=O) groups is 1. The second-order valence-corrected chi connectivity index (χ2v) is 9.60. The quantitative estimate of drug-likeness (QED) is 0.636. The van der Waals surface area contributed by atoms with Crippen LogP contribution in [0.15, 0.2) is 24.4 Å². The van der Waals surface area contributed by atoms with Gasteiger partial charge in [-0.15, -0.1) is 0 Å². The maximum atomic E-state index is 12.8. The molecule has 1 saturated heterocycles. The predicted molar refractivity (Wildman–Crippen MR) is 128 cm³/mol. The van der Waals surface area contributed by atoms with Gasteiger partial charge in [0, 0.05) is 25.8 Å². The number of nitrogens with zero attached hydrogens (tertiary/aromatic N) is 4. The molecule has 1 aromatic carbocycles. The first-order valence-corrected chi connectivity index (χ1v) is 11.9. The van der Waals surface area contributed by atoms with Gasteiger partial charge in [-0.05, 0) is 69.8 Å². The Morgan fingerprint density at radius 2 is 2.12 bits per heavy atom. The van der Waals surface area contributed by atoms with E-state index in [0.717, 1.165) is 63.1 Å². The summed E-state index contributed by atoms with van der Waals surface area (Å²) in [5, 5.41) is 12.0. The molecule has 8 nitrogen and oxygen atoms in total. The molecule has 1 aliphatic carbocycles. The SMILES string of the molecule is CC1CCN(c2cc(C3(OCCN(C)C)CCC3)ccc2NC(=O)c2nc(C#N)c[nH]2)CC1. The fourth-order valence-electron chi connectivity index (χ4n) is 4.55. The summed E-state index contributed by atoms with van der Waals surface area (Å²) in [6.45, 7) is 5.80. The zero-order chi connectivity index (χ0) is 23.4. The van der Waals surface area contributed by atoms with Crippen molar-refractivity contribution in [3.05, 3.63) is 41.5 Å². The van der Waals surface area contributed by atoms with E-state index in [4.69, 9.17) is 10.00 Å². The van der Waals surface area contributed by atoms with Crippen LogP contribution >= 0.6 is 0 Å². The van der Waals surface area contributed by atoms with E-state index >= 15 is 0 Å². The van der Waals surface area contributed by atoms with Gasteiger partial charge in [-0.25, -0.2) is 4.98 Å². The van der Waals surface area contributed by atoms with Crippen LogP contribution in [0.2, 0.25) is 0 Å². The van der Waals surface area contributed by atoms with Crippen molar-refractivity contribution in [3.8, 4) is 6.07 Å². The summed E-state index contributed by atoms with van der Waals surface area (Å²) in [5.41, 5.74) is 2.93. The number of hydrogen-bond donors (Lipinski definition) is 2. The molecule has 2 heterocycles. The highest BCUT2D eigenvalue weighted by molar-refractivity contribution is 6.03. The van der Waals surface area contributed by atoms with Gasteiger partial charge in [0.25, 0.3) is 5.91 Å². The van der Waals surface area contributed by atoms with E-state index in [2.05, 4.69) is 58.2 Å². The number of aromatic amines is 1. The molecule has 0 atom stereocenters. The average molecular weight is 451 g/mol. The van der Waals surface area contributed by atoms with Gasteiger partial charge in [-0.3, -0.25) is 4.79 Å². The summed E-state index contributed by atoms with van der Waals surface area (Å²) in [4.78, 5) is 24.2. The molecule has 1 saturated carbocycles. The van der Waals surface area contributed by atoms with Crippen molar-refractivity contribution in [3.63, 3.8) is 0 Å². The Hall–Kier alpha value is -2.89. The van der Waals surface area contributed by atoms with Crippen LogP contribution in [-0.2, 0) is 10.3 Å². The summed E-state index contributed by atoms with van der Waals surface area (Å²) in [5.74, 6) is 0.495. The number of imidazole rings is 1. The number of hydrogen-bond acceptors (Lipinski definition) is 6. The summed E-state index contributed by atoms with van der Waals surface area (Å²) in [7, 11) is 4.12. The molecule has 33 heavy (non-hydrogen) atoms. The standard InChI is InChI=1S/C25H34N6O2/c1-18-7-11-31(12-8-18)22-15-19(25(9-4-10-25)33-14-13-30(2)3)5-6-21(22)29-24(32)23-27-17-20(16-26)28-23/h5-6,15,17-18H,4,7-14H2,1-3H3,(H,27,28)(H,29,32). The number of amides is 1. The lowest BCUT2D eigenvalue weighted by Gasteiger charge is -2.43. The van der Waals surface area contributed by atoms with Gasteiger partial charge < -0.3 is 24.8 Å². The third-order valence-electron chi connectivity index (χ3n) is 6.88. The second-order valence-electron chi connectivity index (χ2n) is 9.60. The highest BCUT2D eigenvalue weighted by Gasteiger charge is 2.40. The number of nitrogens with one attached hydrogen (secondary N) is 2. The normalized spacial score (nSPS) is 18.1. The second kappa shape index (κ2) is 9.94. The van der Waals surface area contributed by atoms with Crippen molar-refractivity contribution in [1.82, 2.24) is 14.9 Å². The van der Waals surface area contributed by atoms with Gasteiger partial charge in [-0.1, -0.05) is 13.0 Å². The largest absolute Gasteiger partial charge is 0.370 e. The summed E-state index contributed by atoms with van der Waals surface area (Å²) in [6, 6.07) is 8.23. The predicted octanol–water partition coefficient (Wildman–Crippen LogP) is 3.73. The molecule has 1 aliphatic heterocycles. The first-order chi connectivity index (χ1) is 15.9. The molecule has 1 amide bonds. The Morgan fingerprint density at radius 1 is 1.36 bits per heavy atom. The van der Waals surface area contributed by atoms with Crippen LogP contribution in [0.5, 0.6) is 0 Å². The van der Waals surface area contributed by atoms with Gasteiger partial charge in [0.1, 0.15) is 6.07 Å². The van der Waals surface area contributed by atoms with Gasteiger partial charge in [0.15, 0.2) is 11.5 Å². The Kier molecular flexibility index (Phi) is 7.01. The minimum atomic E-state index is -0.350. The van der Waals surface area contributed by atoms with E-state index in [-0.39, 0.29) is 23.0 Å². The molecular weight excluding hydrogens is 416 g/mol. The molecule has 0 radical (unpaired) electrons. The molecule has 2 aromatic rings. The molecule has 176 valence electrons. The number of anilines is 2. The minimum absolute atomic E-state index is 0.135. The molecule has 1 aromatic heterocycles. The van der Waals surface area contributed by atoms with Crippen molar-refractivity contribution in [2.24, 2.45) is 5.92 Å². The highest BCUT2D eigenvalue weighted by atomic mass is 16.5. The lowest BCUT2D eigenvalue weighted by Crippen LogP contribution is -2.39. The van der Waals surface area contributed by atoms with Gasteiger partial charge in [0.2, 0.25) is 0 Å². The highest BCUT2D eigenvalue weighted by Crippen LogP contribution is 2.46. The Balaban J connectivity index is 1.60. The van der Waals surface area contributed by atoms with Crippen LogP contribution in [0.3, 0.4) is 0 Å². The van der Waals surface area contributed by atoms with Crippen molar-refractivity contribution < 1.29 is 9.53 Å². The van der Waals surface area contributed by atoms with E-state index in [0.29, 0.717) is 12.5 Å². The molecule has 2 N–H and O–H groups in total. The Morgan fingerprint density at radius 3 is 2.73 bits per heavy atom. The fourth-order valence-corrected chi connectivity index (χ4v) is 4.55. The number of aromatic nitrogens is 2. The lowest BCUT2D eigenvalue weighted by molar-refractivity contribution is -0.109. The van der Waals surface area contributed by atoms with E-state index in [1.165, 1.54) is 11.8 Å². The van der Waals surface area contributed by atoms with Gasteiger partial charge >= 0.3 is 0 Å². The monoisotopic (exact) mass is 450 g/mol. The van der Waals surface area contributed by atoms with Crippen molar-refractivity contribution in [1.29, 1.82) is 5.26 Å². The molecule has 0 unspecified atom stereocenters. The number of piperidine rings is 1. The number of likely N-dealkylation sites (N-methyl/N-ethyl adjacent to an activating group) is 1.